The number of ether oxygens (including phenoxy) is 1. The van der Waals surface area contributed by atoms with Crippen molar-refractivity contribution < 1.29 is 9.13 Å². The van der Waals surface area contributed by atoms with Crippen LogP contribution in [0.15, 0.2) is 16.6 Å². The van der Waals surface area contributed by atoms with Gasteiger partial charge in [0.05, 0.1) is 18.9 Å². The van der Waals surface area contributed by atoms with E-state index in [2.05, 4.69) is 20.9 Å². The number of hydrogen-bond acceptors (Lipinski definition) is 2. The second kappa shape index (κ2) is 3.11. The number of nitrogens with zero attached hydrogens (tertiary/aromatic N) is 1. The number of rotatable bonds is 1. The molecule has 0 bridgehead atoms. The molecule has 64 valence electrons. The third kappa shape index (κ3) is 1.49. The monoisotopic (exact) mass is 231 g/mol. The highest BCUT2D eigenvalue weighted by Gasteiger charge is 2.22. The summed E-state index contributed by atoms with van der Waals surface area (Å²) >= 11 is 3.21. The molecule has 0 radical (unpaired) electrons. The van der Waals surface area contributed by atoms with Crippen LogP contribution in [0.5, 0.6) is 0 Å². The fraction of sp³-hybridized carbons (Fsp3) is 0.375. The molecule has 0 N–H and O–H groups in total. The lowest BCUT2D eigenvalue weighted by atomic mass is 10.0. The van der Waals surface area contributed by atoms with Crippen molar-refractivity contribution in [1.82, 2.24) is 4.98 Å². The van der Waals surface area contributed by atoms with Gasteiger partial charge in [-0.2, -0.15) is 4.39 Å². The van der Waals surface area contributed by atoms with Crippen molar-refractivity contribution >= 4 is 15.9 Å². The van der Waals surface area contributed by atoms with E-state index in [9.17, 15) is 4.39 Å². The maximum absolute atomic E-state index is 12.8. The minimum absolute atomic E-state index is 0.275. The van der Waals surface area contributed by atoms with Crippen LogP contribution in [0.4, 0.5) is 4.39 Å². The van der Waals surface area contributed by atoms with Crippen LogP contribution >= 0.6 is 15.9 Å². The lowest BCUT2D eigenvalue weighted by Crippen LogP contribution is -2.26. The fourth-order valence-electron chi connectivity index (χ4n) is 1.10. The van der Waals surface area contributed by atoms with E-state index in [0.29, 0.717) is 13.2 Å². The minimum atomic E-state index is -0.439. The van der Waals surface area contributed by atoms with E-state index in [1.807, 2.05) is 6.07 Å². The molecule has 1 aromatic heterocycles. The second-order valence-electron chi connectivity index (χ2n) is 2.77. The first-order valence-corrected chi connectivity index (χ1v) is 4.46. The number of pyridine rings is 1. The fourth-order valence-corrected chi connectivity index (χ4v) is 1.52. The van der Waals surface area contributed by atoms with Gasteiger partial charge >= 0.3 is 0 Å². The molecule has 4 heteroatoms. The van der Waals surface area contributed by atoms with Crippen LogP contribution in [0.25, 0.3) is 0 Å². The van der Waals surface area contributed by atoms with Crippen LogP contribution in [-0.2, 0) is 4.74 Å². The molecule has 0 spiro atoms. The van der Waals surface area contributed by atoms with E-state index in [1.165, 1.54) is 6.07 Å². The molecule has 1 aromatic rings. The Balaban J connectivity index is 2.30. The second-order valence-corrected chi connectivity index (χ2v) is 3.68. The molecule has 1 fully saturated rings. The maximum Gasteiger partial charge on any atom is 0.214 e. The summed E-state index contributed by atoms with van der Waals surface area (Å²) in [6.45, 7) is 1.31. The first-order valence-electron chi connectivity index (χ1n) is 3.66. The molecule has 0 saturated carbocycles. The predicted molar refractivity (Wildman–Crippen MR) is 45.5 cm³/mol. The van der Waals surface area contributed by atoms with Crippen molar-refractivity contribution in [3.63, 3.8) is 0 Å². The summed E-state index contributed by atoms with van der Waals surface area (Å²) in [5.74, 6) is -0.164. The van der Waals surface area contributed by atoms with Crippen molar-refractivity contribution in [3.05, 3.63) is 28.2 Å². The Bertz CT molecular complexity index is 281. The molecule has 2 rings (SSSR count). The van der Waals surface area contributed by atoms with Gasteiger partial charge in [-0.25, -0.2) is 4.98 Å². The molecule has 2 nitrogen and oxygen atoms in total. The third-order valence-corrected chi connectivity index (χ3v) is 2.29. The highest BCUT2D eigenvalue weighted by Crippen LogP contribution is 2.24. The van der Waals surface area contributed by atoms with Gasteiger partial charge in [0, 0.05) is 16.5 Å². The molecule has 12 heavy (non-hydrogen) atoms. The summed E-state index contributed by atoms with van der Waals surface area (Å²) in [5.41, 5.74) is 0.771. The minimum Gasteiger partial charge on any atom is -0.380 e. The van der Waals surface area contributed by atoms with Gasteiger partial charge in [-0.1, -0.05) is 15.9 Å². The first kappa shape index (κ1) is 8.13. The van der Waals surface area contributed by atoms with E-state index in [4.69, 9.17) is 4.74 Å². The van der Waals surface area contributed by atoms with Gasteiger partial charge in [-0.3, -0.25) is 0 Å². The number of aromatic nitrogens is 1. The van der Waals surface area contributed by atoms with Gasteiger partial charge in [0.1, 0.15) is 0 Å². The smallest absolute Gasteiger partial charge is 0.214 e. The van der Waals surface area contributed by atoms with Gasteiger partial charge in [0.2, 0.25) is 5.95 Å². The Morgan fingerprint density at radius 2 is 2.25 bits per heavy atom. The molecular weight excluding hydrogens is 225 g/mol. The Morgan fingerprint density at radius 1 is 1.50 bits per heavy atom. The standard InChI is InChI=1S/C8H7BrFNO/c9-6-1-7(5-3-12-4-5)11-8(10)2-6/h1-2,5H,3-4H2. The van der Waals surface area contributed by atoms with Crippen molar-refractivity contribution in [2.75, 3.05) is 13.2 Å². The summed E-state index contributed by atoms with van der Waals surface area (Å²) in [6.07, 6.45) is 0. The number of halogens is 2. The van der Waals surface area contributed by atoms with E-state index in [-0.39, 0.29) is 5.92 Å². The molecule has 0 aromatic carbocycles. The van der Waals surface area contributed by atoms with Crippen LogP contribution in [-0.4, -0.2) is 18.2 Å². The summed E-state index contributed by atoms with van der Waals surface area (Å²) in [7, 11) is 0. The Hall–Kier alpha value is -0.480. The lowest BCUT2D eigenvalue weighted by molar-refractivity contribution is 0.00641. The average Bonchev–Trinajstić information content (AvgIpc) is 1.79. The zero-order valence-electron chi connectivity index (χ0n) is 6.26. The summed E-state index contributed by atoms with van der Waals surface area (Å²) < 4.78 is 18.5. The van der Waals surface area contributed by atoms with Gasteiger partial charge < -0.3 is 4.74 Å². The van der Waals surface area contributed by atoms with Crippen molar-refractivity contribution in [2.45, 2.75) is 5.92 Å². The van der Waals surface area contributed by atoms with Gasteiger partial charge in [0.15, 0.2) is 0 Å². The van der Waals surface area contributed by atoms with Crippen LogP contribution in [0.2, 0.25) is 0 Å². The topological polar surface area (TPSA) is 22.1 Å². The third-order valence-electron chi connectivity index (χ3n) is 1.84. The molecule has 1 aliphatic rings. The zero-order valence-corrected chi connectivity index (χ0v) is 7.84. The molecule has 0 unspecified atom stereocenters. The van der Waals surface area contributed by atoms with Crippen LogP contribution in [0, 0.1) is 5.95 Å². The van der Waals surface area contributed by atoms with E-state index < -0.39 is 5.95 Å². The van der Waals surface area contributed by atoms with Crippen LogP contribution < -0.4 is 0 Å². The Kier molecular flexibility index (Phi) is 2.11. The largest absolute Gasteiger partial charge is 0.380 e. The maximum atomic E-state index is 12.8. The molecule has 2 heterocycles. The predicted octanol–water partition coefficient (Wildman–Crippen LogP) is 2.10. The highest BCUT2D eigenvalue weighted by atomic mass is 79.9. The molecule has 0 aliphatic carbocycles. The quantitative estimate of drug-likeness (QED) is 0.691. The molecule has 0 amide bonds. The summed E-state index contributed by atoms with van der Waals surface area (Å²) in [6, 6.07) is 3.18. The zero-order chi connectivity index (χ0) is 8.55. The number of hydrogen-bond donors (Lipinski definition) is 0. The van der Waals surface area contributed by atoms with Crippen LogP contribution in [0.3, 0.4) is 0 Å². The first-order chi connectivity index (χ1) is 5.75. The van der Waals surface area contributed by atoms with E-state index in [1.54, 1.807) is 0 Å². The summed E-state index contributed by atoms with van der Waals surface area (Å²) in [5, 5.41) is 0. The van der Waals surface area contributed by atoms with Crippen molar-refractivity contribution in [1.29, 1.82) is 0 Å². The Labute approximate surface area is 77.9 Å². The van der Waals surface area contributed by atoms with Crippen molar-refractivity contribution in [3.8, 4) is 0 Å². The molecular formula is C8H7BrFNO. The van der Waals surface area contributed by atoms with E-state index >= 15 is 0 Å². The SMILES string of the molecule is Fc1cc(Br)cc(C2COC2)n1. The highest BCUT2D eigenvalue weighted by molar-refractivity contribution is 9.10. The molecule has 1 aliphatic heterocycles. The summed E-state index contributed by atoms with van der Waals surface area (Å²) in [4.78, 5) is 3.78. The normalized spacial score (nSPS) is 17.5. The lowest BCUT2D eigenvalue weighted by Gasteiger charge is -2.25. The average molecular weight is 232 g/mol. The Morgan fingerprint density at radius 3 is 2.75 bits per heavy atom. The van der Waals surface area contributed by atoms with Gasteiger partial charge in [-0.05, 0) is 6.07 Å². The van der Waals surface area contributed by atoms with E-state index in [0.717, 1.165) is 10.2 Å². The van der Waals surface area contributed by atoms with Crippen LogP contribution in [0.1, 0.15) is 11.6 Å². The molecule has 1 saturated heterocycles. The van der Waals surface area contributed by atoms with Crippen molar-refractivity contribution in [2.24, 2.45) is 0 Å². The van der Waals surface area contributed by atoms with Gasteiger partial charge in [0.25, 0.3) is 0 Å². The molecule has 0 atom stereocenters. The van der Waals surface area contributed by atoms with Gasteiger partial charge in [-0.15, -0.1) is 0 Å².